The highest BCUT2D eigenvalue weighted by atomic mass is 35.5. The normalized spacial score (nSPS) is 12.5. The Morgan fingerprint density at radius 2 is 2.58 bits per heavy atom. The Hall–Kier alpha value is -0.960. The molecule has 0 radical (unpaired) electrons. The molecule has 0 aliphatic carbocycles. The molecule has 0 saturated heterocycles. The molecule has 1 atom stereocenters. The molecular formula is C8H11ClN2O. The fourth-order valence-corrected chi connectivity index (χ4v) is 0.875. The van der Waals surface area contributed by atoms with Gasteiger partial charge in [0.05, 0.1) is 0 Å². The average Bonchev–Trinajstić information content (AvgIpc) is 2.51. The van der Waals surface area contributed by atoms with Crippen LogP contribution in [0.25, 0.3) is 0 Å². The van der Waals surface area contributed by atoms with E-state index in [1.54, 1.807) is 6.92 Å². The molecule has 1 aromatic rings. The lowest BCUT2D eigenvalue weighted by Gasteiger charge is -2.03. The van der Waals surface area contributed by atoms with Crippen LogP contribution in [0, 0.1) is 0 Å². The minimum absolute atomic E-state index is 0.141. The predicted molar refractivity (Wildman–Crippen MR) is 48.0 cm³/mol. The van der Waals surface area contributed by atoms with Crippen molar-refractivity contribution in [3.8, 4) is 0 Å². The Morgan fingerprint density at radius 1 is 1.83 bits per heavy atom. The summed E-state index contributed by atoms with van der Waals surface area (Å²) in [5, 5.41) is 2.23. The quantitative estimate of drug-likeness (QED) is 0.686. The zero-order valence-electron chi connectivity index (χ0n) is 6.80. The number of carbonyl (C=O) groups excluding carboxylic acids is 1. The van der Waals surface area contributed by atoms with Gasteiger partial charge in [0, 0.05) is 18.9 Å². The zero-order valence-corrected chi connectivity index (χ0v) is 7.56. The molecule has 1 amide bonds. The molecule has 1 rings (SSSR count). The number of carbonyl (C=O) groups is 1. The van der Waals surface area contributed by atoms with Gasteiger partial charge in [-0.05, 0) is 18.6 Å². The van der Waals surface area contributed by atoms with E-state index >= 15 is 0 Å². The number of aromatic nitrogens is 1. The van der Waals surface area contributed by atoms with Crippen LogP contribution in [0.4, 0.5) is 0 Å². The van der Waals surface area contributed by atoms with Crippen molar-refractivity contribution in [3.63, 3.8) is 0 Å². The van der Waals surface area contributed by atoms with Crippen molar-refractivity contribution in [3.05, 3.63) is 24.0 Å². The number of hydrogen-bond acceptors (Lipinski definition) is 1. The third kappa shape index (κ3) is 2.58. The van der Waals surface area contributed by atoms with Crippen LogP contribution >= 0.6 is 11.6 Å². The predicted octanol–water partition coefficient (Wildman–Crippen LogP) is 1.26. The van der Waals surface area contributed by atoms with Gasteiger partial charge in [-0.1, -0.05) is 0 Å². The van der Waals surface area contributed by atoms with Crippen LogP contribution in [0.2, 0.25) is 0 Å². The zero-order chi connectivity index (χ0) is 8.97. The van der Waals surface area contributed by atoms with Gasteiger partial charge in [0.15, 0.2) is 0 Å². The van der Waals surface area contributed by atoms with E-state index in [-0.39, 0.29) is 5.91 Å². The van der Waals surface area contributed by atoms with Crippen molar-refractivity contribution in [1.29, 1.82) is 0 Å². The molecule has 1 unspecified atom stereocenters. The molecule has 2 N–H and O–H groups in total. The Kier molecular flexibility index (Phi) is 3.17. The number of halogens is 1. The van der Waals surface area contributed by atoms with E-state index in [9.17, 15) is 4.79 Å². The Labute approximate surface area is 76.1 Å². The first-order chi connectivity index (χ1) is 5.70. The lowest BCUT2D eigenvalue weighted by atomic mass is 10.3. The largest absolute Gasteiger partial charge is 0.367 e. The van der Waals surface area contributed by atoms with Crippen LogP contribution in [0.5, 0.6) is 0 Å². The molecule has 0 aliphatic heterocycles. The SMILES string of the molecule is CC(Cl)C(=O)NCc1cc[nH]c1. The summed E-state index contributed by atoms with van der Waals surface area (Å²) in [6.45, 7) is 2.17. The molecule has 4 heteroatoms. The maximum atomic E-state index is 11.0. The minimum atomic E-state index is -0.469. The summed E-state index contributed by atoms with van der Waals surface area (Å²) in [6, 6.07) is 1.90. The topological polar surface area (TPSA) is 44.9 Å². The number of H-pyrrole nitrogens is 1. The first kappa shape index (κ1) is 9.13. The molecular weight excluding hydrogens is 176 g/mol. The van der Waals surface area contributed by atoms with Gasteiger partial charge in [-0.3, -0.25) is 4.79 Å². The highest BCUT2D eigenvalue weighted by Crippen LogP contribution is 1.97. The van der Waals surface area contributed by atoms with Gasteiger partial charge in [-0.25, -0.2) is 0 Å². The smallest absolute Gasteiger partial charge is 0.238 e. The van der Waals surface area contributed by atoms with E-state index in [1.165, 1.54) is 0 Å². The maximum absolute atomic E-state index is 11.0. The number of nitrogens with one attached hydrogen (secondary N) is 2. The molecule has 0 saturated carbocycles. The van der Waals surface area contributed by atoms with Crippen LogP contribution < -0.4 is 5.32 Å². The summed E-state index contributed by atoms with van der Waals surface area (Å²) in [6.07, 6.45) is 3.64. The van der Waals surface area contributed by atoms with Crippen molar-refractivity contribution >= 4 is 17.5 Å². The summed E-state index contributed by atoms with van der Waals surface area (Å²) >= 11 is 5.55. The molecule has 0 aliphatic rings. The monoisotopic (exact) mass is 186 g/mol. The number of amides is 1. The summed E-state index contributed by atoms with van der Waals surface area (Å²) < 4.78 is 0. The lowest BCUT2D eigenvalue weighted by molar-refractivity contribution is -0.120. The van der Waals surface area contributed by atoms with Gasteiger partial charge < -0.3 is 10.3 Å². The molecule has 0 spiro atoms. The Morgan fingerprint density at radius 3 is 3.08 bits per heavy atom. The molecule has 3 nitrogen and oxygen atoms in total. The second-order valence-corrected chi connectivity index (χ2v) is 3.21. The lowest BCUT2D eigenvalue weighted by Crippen LogP contribution is -2.28. The van der Waals surface area contributed by atoms with Crippen LogP contribution in [0.1, 0.15) is 12.5 Å². The molecule has 66 valence electrons. The Bertz CT molecular complexity index is 244. The fourth-order valence-electron chi connectivity index (χ4n) is 0.798. The van der Waals surface area contributed by atoms with Crippen LogP contribution in [0.15, 0.2) is 18.5 Å². The molecule has 12 heavy (non-hydrogen) atoms. The number of hydrogen-bond donors (Lipinski definition) is 2. The van der Waals surface area contributed by atoms with Crippen LogP contribution in [0.3, 0.4) is 0 Å². The first-order valence-corrected chi connectivity index (χ1v) is 4.17. The van der Waals surface area contributed by atoms with Gasteiger partial charge >= 0.3 is 0 Å². The summed E-state index contributed by atoms with van der Waals surface area (Å²) in [5.41, 5.74) is 1.04. The second kappa shape index (κ2) is 4.16. The van der Waals surface area contributed by atoms with Crippen LogP contribution in [-0.2, 0) is 11.3 Å². The van der Waals surface area contributed by atoms with Crippen molar-refractivity contribution < 1.29 is 4.79 Å². The molecule has 0 bridgehead atoms. The van der Waals surface area contributed by atoms with Crippen molar-refractivity contribution in [2.45, 2.75) is 18.8 Å². The highest BCUT2D eigenvalue weighted by molar-refractivity contribution is 6.30. The standard InChI is InChI=1S/C8H11ClN2O/c1-6(9)8(12)11-5-7-2-3-10-4-7/h2-4,6,10H,5H2,1H3,(H,11,12). The summed E-state index contributed by atoms with van der Waals surface area (Å²) in [7, 11) is 0. The fraction of sp³-hybridized carbons (Fsp3) is 0.375. The van der Waals surface area contributed by atoms with E-state index in [4.69, 9.17) is 11.6 Å². The Balaban J connectivity index is 2.32. The van der Waals surface area contributed by atoms with Gasteiger partial charge in [0.2, 0.25) is 5.91 Å². The van der Waals surface area contributed by atoms with Gasteiger partial charge in [-0.15, -0.1) is 11.6 Å². The number of alkyl halides is 1. The first-order valence-electron chi connectivity index (χ1n) is 3.73. The highest BCUT2D eigenvalue weighted by Gasteiger charge is 2.07. The molecule has 0 fully saturated rings. The van der Waals surface area contributed by atoms with Crippen molar-refractivity contribution in [1.82, 2.24) is 10.3 Å². The number of rotatable bonds is 3. The van der Waals surface area contributed by atoms with E-state index in [2.05, 4.69) is 10.3 Å². The summed E-state index contributed by atoms with van der Waals surface area (Å²) in [4.78, 5) is 13.9. The van der Waals surface area contributed by atoms with Gasteiger partial charge in [0.25, 0.3) is 0 Å². The summed E-state index contributed by atoms with van der Waals surface area (Å²) in [5.74, 6) is -0.141. The van der Waals surface area contributed by atoms with E-state index in [1.807, 2.05) is 18.5 Å². The van der Waals surface area contributed by atoms with Gasteiger partial charge in [0.1, 0.15) is 5.38 Å². The van der Waals surface area contributed by atoms with E-state index < -0.39 is 5.38 Å². The molecule has 1 aromatic heterocycles. The van der Waals surface area contributed by atoms with E-state index in [0.717, 1.165) is 5.56 Å². The third-order valence-corrected chi connectivity index (χ3v) is 1.69. The average molecular weight is 187 g/mol. The minimum Gasteiger partial charge on any atom is -0.367 e. The van der Waals surface area contributed by atoms with Crippen molar-refractivity contribution in [2.24, 2.45) is 0 Å². The van der Waals surface area contributed by atoms with Crippen LogP contribution in [-0.4, -0.2) is 16.3 Å². The second-order valence-electron chi connectivity index (χ2n) is 2.55. The maximum Gasteiger partial charge on any atom is 0.238 e. The van der Waals surface area contributed by atoms with E-state index in [0.29, 0.717) is 6.54 Å². The van der Waals surface area contributed by atoms with Crippen molar-refractivity contribution in [2.75, 3.05) is 0 Å². The third-order valence-electron chi connectivity index (χ3n) is 1.49. The number of aromatic amines is 1. The molecule has 0 aromatic carbocycles. The molecule has 1 heterocycles. The van der Waals surface area contributed by atoms with Gasteiger partial charge in [-0.2, -0.15) is 0 Å².